The highest BCUT2D eigenvalue weighted by molar-refractivity contribution is 5.69. The number of ether oxygens (including phenoxy) is 2. The lowest BCUT2D eigenvalue weighted by atomic mass is 10.1. The topological polar surface area (TPSA) is 35.5 Å². The van der Waals surface area contributed by atoms with Crippen molar-refractivity contribution < 1.29 is 14.3 Å². The lowest BCUT2D eigenvalue weighted by Crippen LogP contribution is -2.05. The molecule has 0 bridgehead atoms. The first-order valence-corrected chi connectivity index (χ1v) is 7.10. The van der Waals surface area contributed by atoms with Crippen molar-refractivity contribution in [3.8, 4) is 0 Å². The third-order valence-electron chi connectivity index (χ3n) is 2.69. The molecule has 0 rings (SSSR count). The first-order valence-electron chi connectivity index (χ1n) is 7.10. The third-order valence-corrected chi connectivity index (χ3v) is 2.69. The van der Waals surface area contributed by atoms with Gasteiger partial charge in [-0.1, -0.05) is 38.3 Å². The van der Waals surface area contributed by atoms with Gasteiger partial charge in [0, 0.05) is 13.5 Å². The van der Waals surface area contributed by atoms with Crippen molar-refractivity contribution in [2.45, 2.75) is 58.3 Å². The summed E-state index contributed by atoms with van der Waals surface area (Å²) in [6, 6.07) is 0. The minimum atomic E-state index is -0.0407. The first-order chi connectivity index (χ1) is 8.81. The molecule has 0 aliphatic heterocycles. The van der Waals surface area contributed by atoms with Crippen LogP contribution in [-0.4, -0.2) is 26.3 Å². The van der Waals surface area contributed by atoms with Crippen LogP contribution in [0.25, 0.3) is 0 Å². The molecule has 0 spiro atoms. The standard InChI is InChI=1S/C15H28O3/c1-3-4-10-14-18-15(16)12-9-7-5-6-8-11-13-17-2/h8,11H,3-7,9-10,12-14H2,1-2H3. The van der Waals surface area contributed by atoms with Crippen molar-refractivity contribution >= 4 is 5.97 Å². The molecule has 0 aliphatic rings. The highest BCUT2D eigenvalue weighted by Gasteiger charge is 2.01. The van der Waals surface area contributed by atoms with E-state index in [4.69, 9.17) is 9.47 Å². The molecule has 18 heavy (non-hydrogen) atoms. The zero-order chi connectivity index (χ0) is 13.5. The Balaban J connectivity index is 3.20. The SMILES string of the molecule is CCCCCOC(=O)CCCCCC=CCOC. The van der Waals surface area contributed by atoms with Crippen molar-refractivity contribution in [3.05, 3.63) is 12.2 Å². The van der Waals surface area contributed by atoms with Gasteiger partial charge in [-0.3, -0.25) is 4.79 Å². The van der Waals surface area contributed by atoms with Crippen LogP contribution in [0.3, 0.4) is 0 Å². The normalized spacial score (nSPS) is 11.0. The number of carbonyl (C=O) groups excluding carboxylic acids is 1. The van der Waals surface area contributed by atoms with Gasteiger partial charge in [-0.05, 0) is 25.7 Å². The van der Waals surface area contributed by atoms with Gasteiger partial charge in [-0.25, -0.2) is 0 Å². The summed E-state index contributed by atoms with van der Waals surface area (Å²) in [6.45, 7) is 3.42. The maximum absolute atomic E-state index is 11.3. The van der Waals surface area contributed by atoms with Crippen LogP contribution in [0.15, 0.2) is 12.2 Å². The second kappa shape index (κ2) is 14.2. The molecule has 0 saturated heterocycles. The van der Waals surface area contributed by atoms with E-state index >= 15 is 0 Å². The van der Waals surface area contributed by atoms with Crippen LogP contribution in [0.1, 0.15) is 58.3 Å². The Morgan fingerprint density at radius 1 is 1.06 bits per heavy atom. The zero-order valence-electron chi connectivity index (χ0n) is 12.0. The van der Waals surface area contributed by atoms with Crippen LogP contribution in [-0.2, 0) is 14.3 Å². The summed E-state index contributed by atoms with van der Waals surface area (Å²) in [7, 11) is 1.69. The lowest BCUT2D eigenvalue weighted by molar-refractivity contribution is -0.143. The van der Waals surface area contributed by atoms with E-state index in [-0.39, 0.29) is 5.97 Å². The van der Waals surface area contributed by atoms with Crippen molar-refractivity contribution in [1.82, 2.24) is 0 Å². The van der Waals surface area contributed by atoms with Gasteiger partial charge < -0.3 is 9.47 Å². The summed E-state index contributed by atoms with van der Waals surface area (Å²) in [5.74, 6) is -0.0407. The second-order valence-electron chi connectivity index (χ2n) is 4.45. The molecule has 0 aromatic heterocycles. The largest absolute Gasteiger partial charge is 0.466 e. The van der Waals surface area contributed by atoms with Gasteiger partial charge in [0.2, 0.25) is 0 Å². The molecule has 0 heterocycles. The van der Waals surface area contributed by atoms with E-state index in [2.05, 4.69) is 13.0 Å². The Kier molecular flexibility index (Phi) is 13.6. The number of allylic oxidation sites excluding steroid dienone is 1. The molecular formula is C15H28O3. The summed E-state index contributed by atoms with van der Waals surface area (Å²) in [5.41, 5.74) is 0. The van der Waals surface area contributed by atoms with E-state index in [0.29, 0.717) is 19.6 Å². The molecule has 106 valence electrons. The van der Waals surface area contributed by atoms with E-state index in [1.54, 1.807) is 7.11 Å². The average molecular weight is 256 g/mol. The number of carbonyl (C=O) groups is 1. The highest BCUT2D eigenvalue weighted by atomic mass is 16.5. The number of esters is 1. The highest BCUT2D eigenvalue weighted by Crippen LogP contribution is 2.05. The van der Waals surface area contributed by atoms with E-state index in [0.717, 1.165) is 44.9 Å². The number of hydrogen-bond donors (Lipinski definition) is 0. The maximum Gasteiger partial charge on any atom is 0.305 e. The molecular weight excluding hydrogens is 228 g/mol. The minimum Gasteiger partial charge on any atom is -0.466 e. The Labute approximate surface area is 112 Å². The summed E-state index contributed by atoms with van der Waals surface area (Å²) >= 11 is 0. The first kappa shape index (κ1) is 17.2. The monoisotopic (exact) mass is 256 g/mol. The Hall–Kier alpha value is -0.830. The maximum atomic E-state index is 11.3. The van der Waals surface area contributed by atoms with Gasteiger partial charge in [0.15, 0.2) is 0 Å². The fourth-order valence-corrected chi connectivity index (χ4v) is 1.60. The van der Waals surface area contributed by atoms with Gasteiger partial charge >= 0.3 is 5.97 Å². The van der Waals surface area contributed by atoms with Crippen molar-refractivity contribution in [2.75, 3.05) is 20.3 Å². The quantitative estimate of drug-likeness (QED) is 0.302. The molecule has 0 aliphatic carbocycles. The molecule has 0 amide bonds. The third kappa shape index (κ3) is 13.2. The lowest BCUT2D eigenvalue weighted by Gasteiger charge is -2.03. The number of rotatable bonds is 12. The van der Waals surface area contributed by atoms with Crippen LogP contribution in [0.2, 0.25) is 0 Å². The van der Waals surface area contributed by atoms with Crippen LogP contribution in [0.4, 0.5) is 0 Å². The van der Waals surface area contributed by atoms with Crippen molar-refractivity contribution in [1.29, 1.82) is 0 Å². The van der Waals surface area contributed by atoms with Crippen molar-refractivity contribution in [2.24, 2.45) is 0 Å². The molecule has 0 aromatic carbocycles. The molecule has 0 aromatic rings. The molecule has 0 fully saturated rings. The molecule has 0 atom stereocenters. The second-order valence-corrected chi connectivity index (χ2v) is 4.45. The van der Waals surface area contributed by atoms with Gasteiger partial charge in [0.05, 0.1) is 13.2 Å². The summed E-state index contributed by atoms with van der Waals surface area (Å²) < 4.78 is 10.0. The predicted molar refractivity (Wildman–Crippen MR) is 74.6 cm³/mol. The van der Waals surface area contributed by atoms with Gasteiger partial charge in [0.1, 0.15) is 0 Å². The Bertz CT molecular complexity index is 212. The van der Waals surface area contributed by atoms with E-state index in [1.807, 2.05) is 6.08 Å². The van der Waals surface area contributed by atoms with E-state index < -0.39 is 0 Å². The van der Waals surface area contributed by atoms with E-state index in [1.165, 1.54) is 0 Å². The van der Waals surface area contributed by atoms with Crippen LogP contribution in [0.5, 0.6) is 0 Å². The molecule has 0 saturated carbocycles. The number of methoxy groups -OCH3 is 1. The van der Waals surface area contributed by atoms with Crippen LogP contribution < -0.4 is 0 Å². The molecule has 0 N–H and O–H groups in total. The Morgan fingerprint density at radius 2 is 1.89 bits per heavy atom. The fourth-order valence-electron chi connectivity index (χ4n) is 1.60. The summed E-state index contributed by atoms with van der Waals surface area (Å²) in [5, 5.41) is 0. The molecule has 0 radical (unpaired) electrons. The predicted octanol–water partition coefficient (Wildman–Crippen LogP) is 3.87. The zero-order valence-corrected chi connectivity index (χ0v) is 12.0. The van der Waals surface area contributed by atoms with E-state index in [9.17, 15) is 4.79 Å². The number of unbranched alkanes of at least 4 members (excludes halogenated alkanes) is 5. The summed E-state index contributed by atoms with van der Waals surface area (Å²) in [4.78, 5) is 11.3. The average Bonchev–Trinajstić information content (AvgIpc) is 2.38. The van der Waals surface area contributed by atoms with Gasteiger partial charge in [0.25, 0.3) is 0 Å². The molecule has 3 nitrogen and oxygen atoms in total. The van der Waals surface area contributed by atoms with Crippen molar-refractivity contribution in [3.63, 3.8) is 0 Å². The van der Waals surface area contributed by atoms with Gasteiger partial charge in [-0.2, -0.15) is 0 Å². The molecule has 0 unspecified atom stereocenters. The number of hydrogen-bond acceptors (Lipinski definition) is 3. The van der Waals surface area contributed by atoms with Crippen LogP contribution in [0, 0.1) is 0 Å². The fraction of sp³-hybridized carbons (Fsp3) is 0.800. The van der Waals surface area contributed by atoms with Crippen LogP contribution >= 0.6 is 0 Å². The smallest absolute Gasteiger partial charge is 0.305 e. The summed E-state index contributed by atoms with van der Waals surface area (Å²) in [6.07, 6.45) is 12.2. The minimum absolute atomic E-state index is 0.0407. The Morgan fingerprint density at radius 3 is 2.61 bits per heavy atom. The van der Waals surface area contributed by atoms with Gasteiger partial charge in [-0.15, -0.1) is 0 Å². The molecule has 3 heteroatoms.